The van der Waals surface area contributed by atoms with Crippen LogP contribution in [0.3, 0.4) is 0 Å². The van der Waals surface area contributed by atoms with Gasteiger partial charge in [-0.25, -0.2) is 0 Å². The highest BCUT2D eigenvalue weighted by Gasteiger charge is 2.34. The molecule has 1 unspecified atom stereocenters. The molecule has 1 saturated heterocycles. The van der Waals surface area contributed by atoms with Gasteiger partial charge in [-0.05, 0) is 35.7 Å². The molecule has 1 aromatic heterocycles. The summed E-state index contributed by atoms with van der Waals surface area (Å²) in [7, 11) is 0. The lowest BCUT2D eigenvalue weighted by atomic mass is 10.1. The number of carbonyl (C=O) groups is 1. The van der Waals surface area contributed by atoms with Gasteiger partial charge in [0.05, 0.1) is 12.2 Å². The van der Waals surface area contributed by atoms with E-state index in [2.05, 4.69) is 4.98 Å². The second kappa shape index (κ2) is 9.49. The molecule has 2 aromatic rings. The highest BCUT2D eigenvalue weighted by molar-refractivity contribution is 7.99. The predicted octanol–water partition coefficient (Wildman–Crippen LogP) is 3.51. The summed E-state index contributed by atoms with van der Waals surface area (Å²) in [4.78, 5) is 17.8. The number of ether oxygens (including phenoxy) is 1. The number of likely N-dealkylation sites (tertiary alicyclic amines) is 1. The molecule has 5 nitrogen and oxygen atoms in total. The maximum atomic E-state index is 13.1. The van der Waals surface area contributed by atoms with Crippen molar-refractivity contribution in [1.82, 2.24) is 9.88 Å². The summed E-state index contributed by atoms with van der Waals surface area (Å²) in [5.41, 5.74) is 0.251. The maximum Gasteiger partial charge on any atom is 0.416 e. The van der Waals surface area contributed by atoms with Gasteiger partial charge in [0.25, 0.3) is 5.91 Å². The summed E-state index contributed by atoms with van der Waals surface area (Å²) in [5, 5.41) is 9.10. The molecule has 0 spiro atoms. The minimum Gasteiger partial charge on any atom is -0.484 e. The molecule has 9 heteroatoms. The molecule has 0 saturated carbocycles. The summed E-state index contributed by atoms with van der Waals surface area (Å²) in [5.74, 6) is 0.580. The highest BCUT2D eigenvalue weighted by atomic mass is 32.2. The van der Waals surface area contributed by atoms with Crippen LogP contribution in [0.1, 0.15) is 23.1 Å². The third-order valence-electron chi connectivity index (χ3n) is 4.65. The van der Waals surface area contributed by atoms with E-state index in [1.165, 1.54) is 18.0 Å². The zero-order chi connectivity index (χ0) is 20.9. The summed E-state index contributed by atoms with van der Waals surface area (Å²) >= 11 is 1.41. The first kappa shape index (κ1) is 21.4. The number of pyridine rings is 1. The van der Waals surface area contributed by atoms with Gasteiger partial charge in [-0.2, -0.15) is 24.9 Å². The molecule has 0 bridgehead atoms. The number of aromatic nitrogens is 1. The number of hydrogen-bond acceptors (Lipinski definition) is 5. The Bertz CT molecular complexity index is 830. The van der Waals surface area contributed by atoms with Gasteiger partial charge >= 0.3 is 6.18 Å². The number of thioether (sulfide) groups is 1. The summed E-state index contributed by atoms with van der Waals surface area (Å²) in [6, 6.07) is 7.80. The first-order chi connectivity index (χ1) is 13.9. The average Bonchev–Trinajstić information content (AvgIpc) is 3.19. The topological polar surface area (TPSA) is 62.7 Å². The Morgan fingerprint density at radius 3 is 2.72 bits per heavy atom. The lowest BCUT2D eigenvalue weighted by Gasteiger charge is -2.17. The number of rotatable bonds is 7. The Labute approximate surface area is 170 Å². The number of aliphatic hydroxyl groups is 1. The molecule has 1 atom stereocenters. The van der Waals surface area contributed by atoms with E-state index in [-0.39, 0.29) is 35.7 Å². The van der Waals surface area contributed by atoms with Crippen LogP contribution in [0.2, 0.25) is 0 Å². The molecule has 1 N–H and O–H groups in total. The normalized spacial score (nSPS) is 16.8. The maximum absolute atomic E-state index is 13.1. The highest BCUT2D eigenvalue weighted by Crippen LogP contribution is 2.34. The molecule has 0 aliphatic carbocycles. The van der Waals surface area contributed by atoms with Crippen molar-refractivity contribution in [3.63, 3.8) is 0 Å². The van der Waals surface area contributed by atoms with E-state index in [0.29, 0.717) is 18.8 Å². The van der Waals surface area contributed by atoms with Crippen molar-refractivity contribution >= 4 is 17.7 Å². The molecule has 1 aliphatic heterocycles. The summed E-state index contributed by atoms with van der Waals surface area (Å²) in [6.45, 7) is 0.882. The number of alkyl halides is 3. The quantitative estimate of drug-likeness (QED) is 0.734. The number of carbonyl (C=O) groups excluding carboxylic acids is 1. The predicted molar refractivity (Wildman–Crippen MR) is 103 cm³/mol. The van der Waals surface area contributed by atoms with Crippen molar-refractivity contribution in [2.45, 2.75) is 30.2 Å². The third-order valence-corrected chi connectivity index (χ3v) is 5.98. The fourth-order valence-electron chi connectivity index (χ4n) is 3.04. The van der Waals surface area contributed by atoms with Crippen LogP contribution >= 0.6 is 11.8 Å². The largest absolute Gasteiger partial charge is 0.484 e. The molecule has 1 fully saturated rings. The molecule has 3 rings (SSSR count). The Hall–Kier alpha value is -2.26. The lowest BCUT2D eigenvalue weighted by molar-refractivity contribution is -0.138. The number of hydrogen-bond donors (Lipinski definition) is 1. The lowest BCUT2D eigenvalue weighted by Crippen LogP contribution is -2.33. The Morgan fingerprint density at radius 2 is 2.03 bits per heavy atom. The van der Waals surface area contributed by atoms with Crippen LogP contribution in [0.5, 0.6) is 5.75 Å². The molecule has 2 heterocycles. The molecule has 156 valence electrons. The Balaban J connectivity index is 1.47. The molecule has 1 amide bonds. The van der Waals surface area contributed by atoms with Crippen molar-refractivity contribution < 1.29 is 27.8 Å². The SMILES string of the molecule is O=C(COc1ccc(CO)cc1)N1CCC(SCc2cnccc2C(F)(F)F)C1. The van der Waals surface area contributed by atoms with Gasteiger partial charge in [0.2, 0.25) is 0 Å². The second-order valence-corrected chi connectivity index (χ2v) is 7.97. The fourth-order valence-corrected chi connectivity index (χ4v) is 4.25. The zero-order valence-corrected chi connectivity index (χ0v) is 16.4. The van der Waals surface area contributed by atoms with E-state index < -0.39 is 11.7 Å². The van der Waals surface area contributed by atoms with Crippen LogP contribution in [0, 0.1) is 0 Å². The number of aliphatic hydroxyl groups excluding tert-OH is 1. The van der Waals surface area contributed by atoms with Gasteiger partial charge < -0.3 is 14.7 Å². The minimum atomic E-state index is -4.40. The molecule has 1 aromatic carbocycles. The van der Waals surface area contributed by atoms with Crippen molar-refractivity contribution in [2.24, 2.45) is 0 Å². The number of benzene rings is 1. The van der Waals surface area contributed by atoms with Gasteiger partial charge in [-0.1, -0.05) is 12.1 Å². The van der Waals surface area contributed by atoms with Gasteiger partial charge in [-0.15, -0.1) is 0 Å². The molecule has 0 radical (unpaired) electrons. The fraction of sp³-hybridized carbons (Fsp3) is 0.400. The monoisotopic (exact) mass is 426 g/mol. The molecule has 1 aliphatic rings. The van der Waals surface area contributed by atoms with Crippen molar-refractivity contribution in [3.8, 4) is 5.75 Å². The first-order valence-electron chi connectivity index (χ1n) is 9.09. The van der Waals surface area contributed by atoms with Crippen LogP contribution in [-0.4, -0.2) is 45.8 Å². The van der Waals surface area contributed by atoms with Crippen LogP contribution in [0.15, 0.2) is 42.7 Å². The smallest absolute Gasteiger partial charge is 0.416 e. The van der Waals surface area contributed by atoms with Gasteiger partial charge in [0, 0.05) is 36.5 Å². The van der Waals surface area contributed by atoms with E-state index >= 15 is 0 Å². The van der Waals surface area contributed by atoms with Crippen molar-refractivity contribution in [1.29, 1.82) is 0 Å². The van der Waals surface area contributed by atoms with Crippen molar-refractivity contribution in [2.75, 3.05) is 19.7 Å². The third kappa shape index (κ3) is 5.86. The van der Waals surface area contributed by atoms with Crippen molar-refractivity contribution in [3.05, 3.63) is 59.4 Å². The first-order valence-corrected chi connectivity index (χ1v) is 10.1. The van der Waals surface area contributed by atoms with E-state index in [0.717, 1.165) is 24.2 Å². The number of amides is 1. The van der Waals surface area contributed by atoms with Crippen LogP contribution in [-0.2, 0) is 23.3 Å². The van der Waals surface area contributed by atoms with Gasteiger partial charge in [0.15, 0.2) is 6.61 Å². The number of halogens is 3. The molecular formula is C20H21F3N2O3S. The minimum absolute atomic E-state index is 0.0600. The van der Waals surface area contributed by atoms with Crippen LogP contribution < -0.4 is 4.74 Å². The van der Waals surface area contributed by atoms with Gasteiger partial charge in [0.1, 0.15) is 5.75 Å². The Kier molecular flexibility index (Phi) is 7.02. The van der Waals surface area contributed by atoms with Crippen LogP contribution in [0.25, 0.3) is 0 Å². The van der Waals surface area contributed by atoms with E-state index in [4.69, 9.17) is 9.84 Å². The number of nitrogens with zero attached hydrogens (tertiary/aromatic N) is 2. The average molecular weight is 426 g/mol. The summed E-state index contributed by atoms with van der Waals surface area (Å²) < 4.78 is 44.7. The van der Waals surface area contributed by atoms with E-state index in [1.54, 1.807) is 29.2 Å². The van der Waals surface area contributed by atoms with Crippen LogP contribution in [0.4, 0.5) is 13.2 Å². The van der Waals surface area contributed by atoms with E-state index in [9.17, 15) is 18.0 Å². The van der Waals surface area contributed by atoms with Gasteiger partial charge in [-0.3, -0.25) is 9.78 Å². The Morgan fingerprint density at radius 1 is 1.28 bits per heavy atom. The second-order valence-electron chi connectivity index (χ2n) is 6.68. The zero-order valence-electron chi connectivity index (χ0n) is 15.6. The molecular weight excluding hydrogens is 405 g/mol. The summed E-state index contributed by atoms with van der Waals surface area (Å²) in [6.07, 6.45) is -1.28. The van der Waals surface area contributed by atoms with E-state index in [1.807, 2.05) is 0 Å². The standard InChI is InChI=1S/C20H21F3N2O3S/c21-20(22,23)18-5-7-24-9-15(18)13-29-17-6-8-25(10-17)19(27)12-28-16-3-1-14(11-26)2-4-16/h1-5,7,9,17,26H,6,8,10-13H2. The molecule has 29 heavy (non-hydrogen) atoms.